The fourth-order valence-corrected chi connectivity index (χ4v) is 2.39. The van der Waals surface area contributed by atoms with Crippen LogP contribution in [0.25, 0.3) is 0 Å². The van der Waals surface area contributed by atoms with Crippen LogP contribution in [0.1, 0.15) is 18.6 Å². The van der Waals surface area contributed by atoms with E-state index < -0.39 is 18.2 Å². The Kier molecular flexibility index (Phi) is 8.41. The standard InChI is InChI=1S/C13H17I2NO5/c1-8(16-13(18)19-2)12(17)10-5-9(20-6-14)3-4-11(10)21-7-15/h3-5,8,12,17H,6-7H2,1-2H3,(H,16,18)/t8-,12-/m0/s1. The molecule has 1 aromatic carbocycles. The van der Waals surface area contributed by atoms with E-state index in [1.165, 1.54) is 7.11 Å². The number of alkyl carbamates (subject to hydrolysis) is 1. The van der Waals surface area contributed by atoms with Gasteiger partial charge >= 0.3 is 6.09 Å². The number of methoxy groups -OCH3 is 1. The number of alkyl halides is 2. The molecule has 0 aliphatic heterocycles. The molecule has 1 rings (SSSR count). The molecule has 0 saturated heterocycles. The fraction of sp³-hybridized carbons (Fsp3) is 0.462. The summed E-state index contributed by atoms with van der Waals surface area (Å²) in [5.74, 6) is 1.18. The third kappa shape index (κ3) is 5.66. The third-order valence-corrected chi connectivity index (χ3v) is 3.36. The van der Waals surface area contributed by atoms with Crippen LogP contribution in [0.3, 0.4) is 0 Å². The summed E-state index contributed by atoms with van der Waals surface area (Å²) in [5.41, 5.74) is 0.554. The predicted octanol–water partition coefficient (Wildman–Crippen LogP) is 3.01. The van der Waals surface area contributed by atoms with Gasteiger partial charge < -0.3 is 24.6 Å². The minimum atomic E-state index is -0.945. The summed E-state index contributed by atoms with van der Waals surface area (Å²) in [4.78, 5) is 11.2. The van der Waals surface area contributed by atoms with Gasteiger partial charge in [-0.1, -0.05) is 0 Å². The molecule has 1 amide bonds. The summed E-state index contributed by atoms with van der Waals surface area (Å²) in [7, 11) is 1.27. The lowest BCUT2D eigenvalue weighted by atomic mass is 10.0. The number of rotatable bonds is 7. The van der Waals surface area contributed by atoms with Gasteiger partial charge in [-0.15, -0.1) is 0 Å². The molecule has 8 heteroatoms. The van der Waals surface area contributed by atoms with Gasteiger partial charge in [0.2, 0.25) is 0 Å². The van der Waals surface area contributed by atoms with Gasteiger partial charge in [0.15, 0.2) is 0 Å². The Hall–Kier alpha value is -0.490. The van der Waals surface area contributed by atoms with Crippen molar-refractivity contribution in [2.45, 2.75) is 19.1 Å². The van der Waals surface area contributed by atoms with Crippen LogP contribution in [-0.4, -0.2) is 33.6 Å². The summed E-state index contributed by atoms with van der Waals surface area (Å²) >= 11 is 4.16. The quantitative estimate of drug-likeness (QED) is 0.427. The molecule has 118 valence electrons. The predicted molar refractivity (Wildman–Crippen MR) is 95.4 cm³/mol. The highest BCUT2D eigenvalue weighted by Crippen LogP contribution is 2.31. The maximum absolute atomic E-state index is 11.2. The molecule has 2 atom stereocenters. The van der Waals surface area contributed by atoms with Crippen LogP contribution in [0.5, 0.6) is 11.5 Å². The van der Waals surface area contributed by atoms with E-state index in [9.17, 15) is 9.90 Å². The van der Waals surface area contributed by atoms with E-state index in [1.54, 1.807) is 25.1 Å². The zero-order valence-electron chi connectivity index (χ0n) is 11.6. The topological polar surface area (TPSA) is 77.0 Å². The first-order valence-electron chi connectivity index (χ1n) is 6.07. The van der Waals surface area contributed by atoms with Crippen molar-refractivity contribution in [2.24, 2.45) is 0 Å². The third-order valence-electron chi connectivity index (χ3n) is 2.74. The zero-order valence-corrected chi connectivity index (χ0v) is 16.0. The number of hydrogen-bond donors (Lipinski definition) is 2. The second-order valence-electron chi connectivity index (χ2n) is 4.08. The molecule has 0 aliphatic carbocycles. The molecule has 0 fully saturated rings. The van der Waals surface area contributed by atoms with Gasteiger partial charge in [-0.2, -0.15) is 0 Å². The highest BCUT2D eigenvalue weighted by molar-refractivity contribution is 14.1. The largest absolute Gasteiger partial charge is 0.483 e. The first kappa shape index (κ1) is 18.6. The number of aliphatic hydroxyl groups is 1. The molecule has 0 aromatic heterocycles. The smallest absolute Gasteiger partial charge is 0.407 e. The molecule has 21 heavy (non-hydrogen) atoms. The number of ether oxygens (including phenoxy) is 3. The molecule has 0 radical (unpaired) electrons. The summed E-state index contributed by atoms with van der Waals surface area (Å²) in [5, 5.41) is 13.0. The highest BCUT2D eigenvalue weighted by Gasteiger charge is 2.23. The fourth-order valence-electron chi connectivity index (χ4n) is 1.69. The van der Waals surface area contributed by atoms with E-state index in [2.05, 4.69) is 55.2 Å². The SMILES string of the molecule is COC(=O)N[C@@H](C)[C@H](O)c1cc(OCI)ccc1OCI. The number of hydrogen-bond acceptors (Lipinski definition) is 5. The van der Waals surface area contributed by atoms with E-state index in [1.807, 2.05) is 0 Å². The monoisotopic (exact) mass is 521 g/mol. The van der Waals surface area contributed by atoms with E-state index >= 15 is 0 Å². The van der Waals surface area contributed by atoms with Crippen molar-refractivity contribution >= 4 is 51.3 Å². The lowest BCUT2D eigenvalue weighted by Gasteiger charge is -2.22. The molecule has 1 aromatic rings. The molecule has 0 unspecified atom stereocenters. The van der Waals surface area contributed by atoms with E-state index in [0.717, 1.165) is 0 Å². The minimum absolute atomic E-state index is 0.447. The Morgan fingerprint density at radius 2 is 2.00 bits per heavy atom. The molecular weight excluding hydrogens is 504 g/mol. The van der Waals surface area contributed by atoms with Crippen LogP contribution in [0.2, 0.25) is 0 Å². The van der Waals surface area contributed by atoms with Crippen molar-refractivity contribution in [1.29, 1.82) is 0 Å². The number of carbonyl (C=O) groups is 1. The van der Waals surface area contributed by atoms with Crippen molar-refractivity contribution < 1.29 is 24.1 Å². The average Bonchev–Trinajstić information content (AvgIpc) is 2.48. The Morgan fingerprint density at radius 1 is 1.33 bits per heavy atom. The molecule has 0 spiro atoms. The highest BCUT2D eigenvalue weighted by atomic mass is 127. The summed E-state index contributed by atoms with van der Waals surface area (Å²) in [6.45, 7) is 1.68. The normalized spacial score (nSPS) is 13.2. The lowest BCUT2D eigenvalue weighted by Crippen LogP contribution is -2.37. The summed E-state index contributed by atoms with van der Waals surface area (Å²) < 4.78 is 16.4. The lowest BCUT2D eigenvalue weighted by molar-refractivity contribution is 0.118. The zero-order chi connectivity index (χ0) is 15.8. The van der Waals surface area contributed by atoms with Crippen LogP contribution in [-0.2, 0) is 4.74 Å². The number of carbonyl (C=O) groups excluding carboxylic acids is 1. The summed E-state index contributed by atoms with van der Waals surface area (Å²) in [6, 6.07) is 4.68. The first-order chi connectivity index (χ1) is 10.0. The first-order valence-corrected chi connectivity index (χ1v) is 9.12. The van der Waals surface area contributed by atoms with Crippen LogP contribution >= 0.6 is 45.2 Å². The van der Waals surface area contributed by atoms with Crippen molar-refractivity contribution in [3.8, 4) is 11.5 Å². The molecule has 0 aliphatic rings. The van der Waals surface area contributed by atoms with Gasteiger partial charge in [-0.25, -0.2) is 4.79 Å². The van der Waals surface area contributed by atoms with E-state index in [4.69, 9.17) is 9.47 Å². The van der Waals surface area contributed by atoms with Crippen molar-refractivity contribution in [1.82, 2.24) is 5.32 Å². The maximum Gasteiger partial charge on any atom is 0.407 e. The van der Waals surface area contributed by atoms with Crippen molar-refractivity contribution in [3.05, 3.63) is 23.8 Å². The average molecular weight is 521 g/mol. The van der Waals surface area contributed by atoms with Crippen LogP contribution in [0.4, 0.5) is 4.79 Å². The number of aliphatic hydroxyl groups excluding tert-OH is 1. The van der Waals surface area contributed by atoms with Crippen molar-refractivity contribution in [3.63, 3.8) is 0 Å². The van der Waals surface area contributed by atoms with Gasteiger partial charge in [0.05, 0.1) is 13.2 Å². The molecule has 6 nitrogen and oxygen atoms in total. The Labute approximate surface area is 150 Å². The number of halogens is 2. The van der Waals surface area contributed by atoms with Crippen LogP contribution in [0, 0.1) is 0 Å². The van der Waals surface area contributed by atoms with Gasteiger partial charge in [-0.05, 0) is 70.3 Å². The second-order valence-corrected chi connectivity index (χ2v) is 5.32. The minimum Gasteiger partial charge on any atom is -0.483 e. The molecule has 2 N–H and O–H groups in total. The molecule has 0 saturated carbocycles. The van der Waals surface area contributed by atoms with E-state index in [0.29, 0.717) is 26.3 Å². The second kappa shape index (κ2) is 9.51. The Morgan fingerprint density at radius 3 is 2.57 bits per heavy atom. The molecule has 0 bridgehead atoms. The van der Waals surface area contributed by atoms with Crippen LogP contribution in [0.15, 0.2) is 18.2 Å². The number of amides is 1. The Balaban J connectivity index is 2.99. The summed E-state index contributed by atoms with van der Waals surface area (Å²) in [6.07, 6.45) is -1.54. The molecular formula is C13H17I2NO5. The number of benzene rings is 1. The van der Waals surface area contributed by atoms with Gasteiger partial charge in [-0.3, -0.25) is 0 Å². The van der Waals surface area contributed by atoms with Crippen LogP contribution < -0.4 is 14.8 Å². The van der Waals surface area contributed by atoms with E-state index in [-0.39, 0.29) is 0 Å². The molecule has 0 heterocycles. The van der Waals surface area contributed by atoms with Crippen molar-refractivity contribution in [2.75, 3.05) is 16.3 Å². The Bertz CT molecular complexity index is 472. The van der Waals surface area contributed by atoms with Gasteiger partial charge in [0.25, 0.3) is 0 Å². The van der Waals surface area contributed by atoms with Gasteiger partial charge in [0, 0.05) is 5.56 Å². The van der Waals surface area contributed by atoms with Gasteiger partial charge in [0.1, 0.15) is 26.8 Å². The number of nitrogens with one attached hydrogen (secondary N) is 1. The maximum atomic E-state index is 11.2.